The fourth-order valence-electron chi connectivity index (χ4n) is 4.11. The van der Waals surface area contributed by atoms with Crippen molar-refractivity contribution < 1.29 is 23.4 Å². The molecule has 160 valence electrons. The number of halogens is 3. The molecule has 1 aliphatic heterocycles. The lowest BCUT2D eigenvalue weighted by atomic mass is 9.99. The molecule has 1 N–H and O–H groups in total. The molecule has 0 bridgehead atoms. The number of hydrogen-bond acceptors (Lipinski definition) is 3. The van der Waals surface area contributed by atoms with Crippen LogP contribution in [0.5, 0.6) is 5.75 Å². The van der Waals surface area contributed by atoms with Crippen LogP contribution in [0, 0.1) is 11.6 Å². The van der Waals surface area contributed by atoms with E-state index in [9.17, 15) is 18.7 Å². The first-order chi connectivity index (χ1) is 14.3. The van der Waals surface area contributed by atoms with Gasteiger partial charge in [0, 0.05) is 24.2 Å². The number of aromatic carboxylic acids is 1. The van der Waals surface area contributed by atoms with Crippen LogP contribution in [0.3, 0.4) is 0 Å². The standard InChI is InChI=1S/C23H24ClF2NO3/c1-13-2-7-17(12-27(13)11-15-5-6-16(25)10-19(15)24)30-22-18(14-3-4-14)8-9-20(26)21(22)23(28)29/h5-6,8-10,13-14,17H,2-4,7,11-12H2,1H3,(H,28,29)/t13-,17+/m0/s1. The average molecular weight is 436 g/mol. The van der Waals surface area contributed by atoms with Crippen LogP contribution in [0.4, 0.5) is 8.78 Å². The first-order valence-corrected chi connectivity index (χ1v) is 10.6. The minimum Gasteiger partial charge on any atom is -0.488 e. The van der Waals surface area contributed by atoms with Crippen molar-refractivity contribution in [2.45, 2.75) is 57.2 Å². The maximum absolute atomic E-state index is 14.3. The maximum atomic E-state index is 14.3. The smallest absolute Gasteiger partial charge is 0.342 e. The Labute approximate surface area is 179 Å². The molecule has 1 aliphatic carbocycles. The summed E-state index contributed by atoms with van der Waals surface area (Å²) in [4.78, 5) is 13.9. The summed E-state index contributed by atoms with van der Waals surface area (Å²) in [6, 6.07) is 7.49. The Bertz CT molecular complexity index is 964. The second-order valence-corrected chi connectivity index (χ2v) is 8.66. The van der Waals surface area contributed by atoms with E-state index >= 15 is 0 Å². The summed E-state index contributed by atoms with van der Waals surface area (Å²) < 4.78 is 33.8. The molecule has 2 aromatic carbocycles. The van der Waals surface area contributed by atoms with Crippen LogP contribution in [-0.2, 0) is 6.54 Å². The van der Waals surface area contributed by atoms with Crippen LogP contribution in [0.15, 0.2) is 30.3 Å². The third-order valence-corrected chi connectivity index (χ3v) is 6.36. The van der Waals surface area contributed by atoms with Crippen LogP contribution in [0.2, 0.25) is 5.02 Å². The SMILES string of the molecule is C[C@H]1CC[C@@H](Oc2c(C3CC3)ccc(F)c2C(=O)O)CN1Cc1ccc(F)cc1Cl. The lowest BCUT2D eigenvalue weighted by Crippen LogP contribution is -2.45. The van der Waals surface area contributed by atoms with E-state index in [1.54, 1.807) is 12.1 Å². The Morgan fingerprint density at radius 3 is 2.63 bits per heavy atom. The molecule has 2 atom stereocenters. The summed E-state index contributed by atoms with van der Waals surface area (Å²) in [5.41, 5.74) is 1.22. The van der Waals surface area contributed by atoms with Gasteiger partial charge < -0.3 is 9.84 Å². The molecule has 0 spiro atoms. The van der Waals surface area contributed by atoms with E-state index in [-0.39, 0.29) is 35.2 Å². The van der Waals surface area contributed by atoms with Crippen molar-refractivity contribution in [3.8, 4) is 5.75 Å². The van der Waals surface area contributed by atoms with Crippen molar-refractivity contribution in [2.75, 3.05) is 6.54 Å². The molecule has 4 rings (SSSR count). The van der Waals surface area contributed by atoms with Gasteiger partial charge in [-0.15, -0.1) is 0 Å². The first-order valence-electron chi connectivity index (χ1n) is 10.2. The highest BCUT2D eigenvalue weighted by molar-refractivity contribution is 6.31. The normalized spacial score (nSPS) is 22.1. The van der Waals surface area contributed by atoms with Crippen LogP contribution in [0.25, 0.3) is 0 Å². The number of hydrogen-bond donors (Lipinski definition) is 1. The van der Waals surface area contributed by atoms with Gasteiger partial charge in [-0.05, 0) is 67.9 Å². The van der Waals surface area contributed by atoms with Crippen molar-refractivity contribution in [3.05, 3.63) is 63.7 Å². The molecular formula is C23H24ClF2NO3. The highest BCUT2D eigenvalue weighted by Crippen LogP contribution is 2.46. The van der Waals surface area contributed by atoms with Crippen molar-refractivity contribution in [1.82, 2.24) is 4.90 Å². The molecule has 0 amide bonds. The third-order valence-electron chi connectivity index (χ3n) is 6.01. The van der Waals surface area contributed by atoms with Gasteiger partial charge in [0.25, 0.3) is 0 Å². The number of carboxylic acids is 1. The van der Waals surface area contributed by atoms with Crippen LogP contribution in [-0.4, -0.2) is 34.7 Å². The molecule has 2 fully saturated rings. The maximum Gasteiger partial charge on any atom is 0.342 e. The second kappa shape index (κ2) is 8.52. The Morgan fingerprint density at radius 2 is 1.97 bits per heavy atom. The van der Waals surface area contributed by atoms with E-state index in [1.165, 1.54) is 18.2 Å². The Kier molecular flexibility index (Phi) is 5.98. The van der Waals surface area contributed by atoms with Gasteiger partial charge in [-0.25, -0.2) is 13.6 Å². The summed E-state index contributed by atoms with van der Waals surface area (Å²) in [7, 11) is 0. The third kappa shape index (κ3) is 4.44. The molecule has 1 saturated heterocycles. The van der Waals surface area contributed by atoms with Gasteiger partial charge in [-0.2, -0.15) is 0 Å². The number of carbonyl (C=O) groups is 1. The number of ether oxygens (including phenoxy) is 1. The lowest BCUT2D eigenvalue weighted by Gasteiger charge is -2.38. The van der Waals surface area contributed by atoms with Gasteiger partial charge in [0.05, 0.1) is 0 Å². The summed E-state index contributed by atoms with van der Waals surface area (Å²) in [5, 5.41) is 9.94. The molecule has 0 unspecified atom stereocenters. The summed E-state index contributed by atoms with van der Waals surface area (Å²) >= 11 is 6.19. The van der Waals surface area contributed by atoms with Gasteiger partial charge in [-0.1, -0.05) is 23.7 Å². The van der Waals surface area contributed by atoms with Gasteiger partial charge >= 0.3 is 5.97 Å². The topological polar surface area (TPSA) is 49.8 Å². The van der Waals surface area contributed by atoms with E-state index in [4.69, 9.17) is 16.3 Å². The van der Waals surface area contributed by atoms with Gasteiger partial charge in [0.1, 0.15) is 29.1 Å². The zero-order chi connectivity index (χ0) is 21.4. The quantitative estimate of drug-likeness (QED) is 0.639. The van der Waals surface area contributed by atoms with Crippen molar-refractivity contribution in [1.29, 1.82) is 0 Å². The fourth-order valence-corrected chi connectivity index (χ4v) is 4.34. The van der Waals surface area contributed by atoms with Crippen molar-refractivity contribution >= 4 is 17.6 Å². The zero-order valence-corrected chi connectivity index (χ0v) is 17.5. The Hall–Kier alpha value is -2.18. The minimum atomic E-state index is -1.32. The van der Waals surface area contributed by atoms with E-state index in [2.05, 4.69) is 11.8 Å². The monoisotopic (exact) mass is 435 g/mol. The Balaban J connectivity index is 1.55. The largest absolute Gasteiger partial charge is 0.488 e. The molecular weight excluding hydrogens is 412 g/mol. The fraction of sp³-hybridized carbons (Fsp3) is 0.435. The van der Waals surface area contributed by atoms with Crippen LogP contribution in [0.1, 0.15) is 60.0 Å². The molecule has 30 heavy (non-hydrogen) atoms. The highest BCUT2D eigenvalue weighted by Gasteiger charge is 2.34. The average Bonchev–Trinajstić information content (AvgIpc) is 3.51. The second-order valence-electron chi connectivity index (χ2n) is 8.25. The summed E-state index contributed by atoms with van der Waals surface area (Å²) in [5.74, 6) is -2.07. The number of benzene rings is 2. The van der Waals surface area contributed by atoms with Gasteiger partial charge in [0.2, 0.25) is 0 Å². The van der Waals surface area contributed by atoms with E-state index in [1.807, 2.05) is 0 Å². The summed E-state index contributed by atoms with van der Waals surface area (Å²) in [6.45, 7) is 3.19. The number of rotatable bonds is 6. The predicted octanol–water partition coefficient (Wildman–Crippen LogP) is 5.63. The van der Waals surface area contributed by atoms with Crippen molar-refractivity contribution in [2.24, 2.45) is 0 Å². The van der Waals surface area contributed by atoms with E-state index in [0.29, 0.717) is 18.1 Å². The number of nitrogens with zero attached hydrogens (tertiary/aromatic N) is 1. The lowest BCUT2D eigenvalue weighted by molar-refractivity contribution is 0.0478. The number of piperidine rings is 1. The summed E-state index contributed by atoms with van der Waals surface area (Å²) in [6.07, 6.45) is 3.24. The van der Waals surface area contributed by atoms with Crippen LogP contribution < -0.4 is 4.74 Å². The highest BCUT2D eigenvalue weighted by atomic mass is 35.5. The molecule has 0 aromatic heterocycles. The minimum absolute atomic E-state index is 0.171. The first kappa shape index (κ1) is 21.1. The molecule has 4 nitrogen and oxygen atoms in total. The van der Waals surface area contributed by atoms with Gasteiger partial charge in [-0.3, -0.25) is 4.90 Å². The van der Waals surface area contributed by atoms with E-state index in [0.717, 1.165) is 36.8 Å². The van der Waals surface area contributed by atoms with E-state index < -0.39 is 11.8 Å². The zero-order valence-electron chi connectivity index (χ0n) is 16.7. The molecule has 1 heterocycles. The number of likely N-dealkylation sites (tertiary alicyclic amines) is 1. The Morgan fingerprint density at radius 1 is 1.20 bits per heavy atom. The molecule has 1 saturated carbocycles. The van der Waals surface area contributed by atoms with Gasteiger partial charge in [0.15, 0.2) is 0 Å². The van der Waals surface area contributed by atoms with Crippen LogP contribution >= 0.6 is 11.6 Å². The molecule has 0 radical (unpaired) electrons. The van der Waals surface area contributed by atoms with Crippen molar-refractivity contribution in [3.63, 3.8) is 0 Å². The predicted molar refractivity (Wildman–Crippen MR) is 110 cm³/mol. The molecule has 2 aliphatic rings. The molecule has 7 heteroatoms. The molecule has 2 aromatic rings. The number of carboxylic acid groups (broad SMARTS) is 1.